The largest absolute Gasteiger partial charge is 0.386 e. The Morgan fingerprint density at radius 3 is 2.73 bits per heavy atom. The summed E-state index contributed by atoms with van der Waals surface area (Å²) in [6.45, 7) is 1.32. The van der Waals surface area contributed by atoms with E-state index in [0.29, 0.717) is 24.2 Å². The van der Waals surface area contributed by atoms with Crippen LogP contribution in [0.2, 0.25) is 5.15 Å². The molecule has 0 amide bonds. The minimum atomic E-state index is -0.482. The Hall–Kier alpha value is -0.870. The number of nitrogens with zero attached hydrogens (tertiary/aromatic N) is 3. The number of hydrogen-bond donors (Lipinski definition) is 1. The van der Waals surface area contributed by atoms with Gasteiger partial charge in [-0.3, -0.25) is 4.98 Å². The lowest BCUT2D eigenvalue weighted by atomic mass is 9.89. The van der Waals surface area contributed by atoms with Gasteiger partial charge in [-0.1, -0.05) is 11.6 Å². The van der Waals surface area contributed by atoms with E-state index in [-0.39, 0.29) is 0 Å². The molecule has 1 saturated carbocycles. The highest BCUT2D eigenvalue weighted by Gasteiger charge is 2.52. The molecule has 1 N–H and O–H groups in total. The van der Waals surface area contributed by atoms with Gasteiger partial charge in [-0.15, -0.1) is 0 Å². The van der Waals surface area contributed by atoms with Crippen LogP contribution in [0.4, 0.5) is 5.82 Å². The second kappa shape index (κ2) is 3.06. The summed E-state index contributed by atoms with van der Waals surface area (Å²) in [5.74, 6) is 1.26. The number of halogens is 1. The van der Waals surface area contributed by atoms with Crippen LogP contribution >= 0.6 is 11.6 Å². The highest BCUT2D eigenvalue weighted by Crippen LogP contribution is 2.45. The summed E-state index contributed by atoms with van der Waals surface area (Å²) in [7, 11) is 0. The normalized spacial score (nSPS) is 23.7. The summed E-state index contributed by atoms with van der Waals surface area (Å²) >= 11 is 5.75. The third-order valence-electron chi connectivity index (χ3n) is 3.18. The van der Waals surface area contributed by atoms with Gasteiger partial charge in [0.2, 0.25) is 0 Å². The molecule has 0 spiro atoms. The molecule has 5 heteroatoms. The molecular weight excluding hydrogens is 214 g/mol. The Bertz CT molecular complexity index is 388. The van der Waals surface area contributed by atoms with Crippen molar-refractivity contribution in [2.75, 3.05) is 18.0 Å². The van der Waals surface area contributed by atoms with Crippen LogP contribution in [0.25, 0.3) is 0 Å². The van der Waals surface area contributed by atoms with Crippen molar-refractivity contribution in [1.29, 1.82) is 0 Å². The van der Waals surface area contributed by atoms with E-state index in [9.17, 15) is 5.11 Å². The van der Waals surface area contributed by atoms with E-state index in [2.05, 4.69) is 9.97 Å². The molecule has 0 unspecified atom stereocenters. The fourth-order valence-electron chi connectivity index (χ4n) is 2.14. The Morgan fingerprint density at radius 1 is 1.40 bits per heavy atom. The van der Waals surface area contributed by atoms with E-state index < -0.39 is 5.60 Å². The first-order valence-electron chi connectivity index (χ1n) is 5.12. The smallest absolute Gasteiger partial charge is 0.149 e. The van der Waals surface area contributed by atoms with Crippen LogP contribution in [-0.4, -0.2) is 33.8 Å². The van der Waals surface area contributed by atoms with Crippen LogP contribution in [0, 0.1) is 5.92 Å². The molecule has 4 nitrogen and oxygen atoms in total. The Morgan fingerprint density at radius 2 is 2.13 bits per heavy atom. The summed E-state index contributed by atoms with van der Waals surface area (Å²) < 4.78 is 0. The maximum absolute atomic E-state index is 10.1. The van der Waals surface area contributed by atoms with Gasteiger partial charge in [0, 0.05) is 0 Å². The first-order chi connectivity index (χ1) is 7.17. The van der Waals surface area contributed by atoms with Gasteiger partial charge in [0.25, 0.3) is 0 Å². The third-order valence-corrected chi connectivity index (χ3v) is 3.37. The van der Waals surface area contributed by atoms with E-state index in [0.717, 1.165) is 18.7 Å². The number of aliphatic hydroxyl groups is 1. The number of aromatic nitrogens is 2. The SMILES string of the molecule is OC1(C2CC2)CN(c2cncc(Cl)n2)C1. The Balaban J connectivity index is 1.71. The quantitative estimate of drug-likeness (QED) is 0.819. The summed E-state index contributed by atoms with van der Waals surface area (Å²) in [5.41, 5.74) is -0.482. The van der Waals surface area contributed by atoms with Crippen molar-refractivity contribution >= 4 is 17.4 Å². The van der Waals surface area contributed by atoms with Gasteiger partial charge in [0.1, 0.15) is 16.6 Å². The van der Waals surface area contributed by atoms with Gasteiger partial charge in [0.05, 0.1) is 25.5 Å². The third kappa shape index (κ3) is 1.58. The summed E-state index contributed by atoms with van der Waals surface area (Å²) in [4.78, 5) is 10.1. The van der Waals surface area contributed by atoms with Crippen molar-refractivity contribution < 1.29 is 5.11 Å². The highest BCUT2D eigenvalue weighted by molar-refractivity contribution is 6.29. The first kappa shape index (κ1) is 9.36. The molecule has 3 rings (SSSR count). The number of β-amino-alcohol motifs (C(OH)–C–C–N with tert-alkyl or cyclic N) is 1. The molecule has 1 aromatic rings. The molecule has 2 fully saturated rings. The van der Waals surface area contributed by atoms with Gasteiger partial charge in [-0.2, -0.15) is 0 Å². The van der Waals surface area contributed by atoms with Crippen LogP contribution in [-0.2, 0) is 0 Å². The molecule has 0 radical (unpaired) electrons. The van der Waals surface area contributed by atoms with Crippen LogP contribution in [0.3, 0.4) is 0 Å². The van der Waals surface area contributed by atoms with Gasteiger partial charge in [-0.25, -0.2) is 4.98 Å². The van der Waals surface area contributed by atoms with Crippen LogP contribution in [0.15, 0.2) is 12.4 Å². The van der Waals surface area contributed by atoms with Crippen molar-refractivity contribution in [2.45, 2.75) is 18.4 Å². The predicted octanol–water partition coefficient (Wildman–Crippen LogP) is 1.09. The maximum atomic E-state index is 10.1. The van der Waals surface area contributed by atoms with Crippen LogP contribution in [0.1, 0.15) is 12.8 Å². The maximum Gasteiger partial charge on any atom is 0.149 e. The minimum absolute atomic E-state index is 0.398. The van der Waals surface area contributed by atoms with E-state index in [1.165, 1.54) is 6.20 Å². The van der Waals surface area contributed by atoms with Gasteiger partial charge in [-0.05, 0) is 18.8 Å². The zero-order chi connectivity index (χ0) is 10.5. The Labute approximate surface area is 92.9 Å². The molecule has 1 saturated heterocycles. The Kier molecular flexibility index (Phi) is 1.91. The molecule has 1 aliphatic heterocycles. The van der Waals surface area contributed by atoms with E-state index in [1.807, 2.05) is 4.90 Å². The lowest BCUT2D eigenvalue weighted by molar-refractivity contribution is -0.00977. The molecule has 2 aliphatic rings. The zero-order valence-corrected chi connectivity index (χ0v) is 8.98. The van der Waals surface area contributed by atoms with Crippen LogP contribution in [0.5, 0.6) is 0 Å². The molecule has 80 valence electrons. The van der Waals surface area contributed by atoms with Gasteiger partial charge >= 0.3 is 0 Å². The summed E-state index contributed by atoms with van der Waals surface area (Å²) in [5, 5.41) is 10.5. The van der Waals surface area contributed by atoms with E-state index >= 15 is 0 Å². The average molecular weight is 226 g/mol. The average Bonchev–Trinajstić information content (AvgIpc) is 2.96. The van der Waals surface area contributed by atoms with Gasteiger partial charge in [0.15, 0.2) is 0 Å². The molecular formula is C10H12ClN3O. The summed E-state index contributed by atoms with van der Waals surface area (Å²) in [6, 6.07) is 0. The first-order valence-corrected chi connectivity index (χ1v) is 5.50. The highest BCUT2D eigenvalue weighted by atomic mass is 35.5. The molecule has 0 aromatic carbocycles. The van der Waals surface area contributed by atoms with Crippen LogP contribution < -0.4 is 4.90 Å². The van der Waals surface area contributed by atoms with Crippen molar-refractivity contribution in [1.82, 2.24) is 9.97 Å². The number of anilines is 1. The van der Waals surface area contributed by atoms with Crippen molar-refractivity contribution in [3.8, 4) is 0 Å². The lowest BCUT2D eigenvalue weighted by Crippen LogP contribution is -2.63. The summed E-state index contributed by atoms with van der Waals surface area (Å²) in [6.07, 6.45) is 5.51. The standard InChI is InChI=1S/C10H12ClN3O/c11-8-3-12-4-9(13-8)14-5-10(15,6-14)7-1-2-7/h3-4,7,15H,1-2,5-6H2. The molecule has 1 aromatic heterocycles. The van der Waals surface area contributed by atoms with E-state index in [4.69, 9.17) is 11.6 Å². The van der Waals surface area contributed by atoms with Crippen molar-refractivity contribution in [3.63, 3.8) is 0 Å². The van der Waals surface area contributed by atoms with Crippen molar-refractivity contribution in [3.05, 3.63) is 17.5 Å². The zero-order valence-electron chi connectivity index (χ0n) is 8.23. The fourth-order valence-corrected chi connectivity index (χ4v) is 2.28. The predicted molar refractivity (Wildman–Crippen MR) is 56.9 cm³/mol. The van der Waals surface area contributed by atoms with Gasteiger partial charge < -0.3 is 10.0 Å². The molecule has 0 bridgehead atoms. The minimum Gasteiger partial charge on any atom is -0.386 e. The monoisotopic (exact) mass is 225 g/mol. The second-order valence-corrected chi connectivity index (χ2v) is 4.82. The number of rotatable bonds is 2. The van der Waals surface area contributed by atoms with E-state index in [1.54, 1.807) is 6.20 Å². The van der Waals surface area contributed by atoms with Crippen molar-refractivity contribution in [2.24, 2.45) is 5.92 Å². The topological polar surface area (TPSA) is 49.2 Å². The number of hydrogen-bond acceptors (Lipinski definition) is 4. The molecule has 0 atom stereocenters. The fraction of sp³-hybridized carbons (Fsp3) is 0.600. The molecule has 2 heterocycles. The molecule has 1 aliphatic carbocycles. The lowest BCUT2D eigenvalue weighted by Gasteiger charge is -2.47. The second-order valence-electron chi connectivity index (χ2n) is 4.43. The molecule has 15 heavy (non-hydrogen) atoms.